The molecule has 1 aromatic heterocycles. The van der Waals surface area contributed by atoms with Crippen molar-refractivity contribution in [1.82, 2.24) is 10.3 Å². The number of urea groups is 1. The molecule has 18 heavy (non-hydrogen) atoms. The van der Waals surface area contributed by atoms with Crippen LogP contribution >= 0.6 is 11.3 Å². The molecule has 0 saturated heterocycles. The minimum Gasteiger partial charge on any atom is -0.480 e. The van der Waals surface area contributed by atoms with Crippen LogP contribution in [0.2, 0.25) is 0 Å². The second-order valence-electron chi connectivity index (χ2n) is 3.69. The van der Waals surface area contributed by atoms with Gasteiger partial charge >= 0.3 is 12.0 Å². The number of hydrogen-bond donors (Lipinski definition) is 3. The maximum Gasteiger partial charge on any atom is 0.323 e. The number of carbonyl (C=O) groups is 2. The van der Waals surface area contributed by atoms with Crippen molar-refractivity contribution in [2.75, 3.05) is 11.9 Å². The van der Waals surface area contributed by atoms with Crippen LogP contribution in [0, 0.1) is 6.92 Å². The molecule has 0 unspecified atom stereocenters. The Hall–Kier alpha value is -2.15. The lowest BCUT2D eigenvalue weighted by Gasteiger charge is -2.01. The molecular weight excluding hydrogens is 254 g/mol. The summed E-state index contributed by atoms with van der Waals surface area (Å²) in [5.41, 5.74) is 1.92. The van der Waals surface area contributed by atoms with Gasteiger partial charge in [0.2, 0.25) is 0 Å². The first kappa shape index (κ1) is 12.3. The summed E-state index contributed by atoms with van der Waals surface area (Å²) < 4.78 is 0.975. The molecule has 1 heterocycles. The molecule has 94 valence electrons. The number of benzene rings is 1. The van der Waals surface area contributed by atoms with E-state index in [1.54, 1.807) is 0 Å². The van der Waals surface area contributed by atoms with Crippen molar-refractivity contribution in [3.05, 3.63) is 23.8 Å². The molecule has 0 aliphatic carbocycles. The molecule has 0 aliphatic rings. The van der Waals surface area contributed by atoms with Crippen LogP contribution in [0.25, 0.3) is 10.2 Å². The predicted octanol–water partition coefficient (Wildman–Crippen LogP) is 1.81. The Kier molecular flexibility index (Phi) is 3.42. The van der Waals surface area contributed by atoms with Crippen LogP contribution in [-0.4, -0.2) is 28.6 Å². The van der Waals surface area contributed by atoms with E-state index in [2.05, 4.69) is 15.6 Å². The number of aliphatic carboxylic acids is 1. The van der Waals surface area contributed by atoms with Gasteiger partial charge in [0.15, 0.2) is 5.13 Å². The number of aryl methyl sites for hydroxylation is 1. The van der Waals surface area contributed by atoms with Crippen LogP contribution in [0.1, 0.15) is 5.56 Å². The Labute approximate surface area is 107 Å². The SMILES string of the molecule is Cc1ccc2nc(NC(=O)NCC(=O)O)sc2c1. The molecule has 1 aromatic carbocycles. The number of nitrogens with zero attached hydrogens (tertiary/aromatic N) is 1. The molecule has 0 radical (unpaired) electrons. The highest BCUT2D eigenvalue weighted by molar-refractivity contribution is 7.22. The van der Waals surface area contributed by atoms with Crippen LogP contribution in [0.5, 0.6) is 0 Å². The molecule has 0 aliphatic heterocycles. The predicted molar refractivity (Wildman–Crippen MR) is 69.0 cm³/mol. The van der Waals surface area contributed by atoms with Crippen LogP contribution in [0.15, 0.2) is 18.2 Å². The standard InChI is InChI=1S/C11H11N3O3S/c1-6-2-3-7-8(4-6)18-11(13-7)14-10(17)12-5-9(15)16/h2-4H,5H2,1H3,(H,15,16)(H2,12,13,14,17). The summed E-state index contributed by atoms with van der Waals surface area (Å²) in [6.45, 7) is 1.56. The highest BCUT2D eigenvalue weighted by atomic mass is 32.1. The van der Waals surface area contributed by atoms with E-state index in [9.17, 15) is 9.59 Å². The number of hydrogen-bond acceptors (Lipinski definition) is 4. The topological polar surface area (TPSA) is 91.3 Å². The average molecular weight is 265 g/mol. The summed E-state index contributed by atoms with van der Waals surface area (Å²) in [5.74, 6) is -1.09. The maximum absolute atomic E-state index is 11.3. The number of carboxylic acids is 1. The highest BCUT2D eigenvalue weighted by Gasteiger charge is 2.08. The quantitative estimate of drug-likeness (QED) is 0.789. The van der Waals surface area contributed by atoms with Crippen molar-refractivity contribution >= 4 is 38.7 Å². The van der Waals surface area contributed by atoms with E-state index in [0.717, 1.165) is 15.8 Å². The van der Waals surface area contributed by atoms with Crippen molar-refractivity contribution in [1.29, 1.82) is 0 Å². The van der Waals surface area contributed by atoms with Gasteiger partial charge < -0.3 is 10.4 Å². The lowest BCUT2D eigenvalue weighted by Crippen LogP contribution is -2.33. The van der Waals surface area contributed by atoms with Gasteiger partial charge in [0, 0.05) is 0 Å². The zero-order chi connectivity index (χ0) is 13.1. The molecule has 0 bridgehead atoms. The number of amides is 2. The Morgan fingerprint density at radius 3 is 2.94 bits per heavy atom. The first-order valence-electron chi connectivity index (χ1n) is 5.18. The van der Waals surface area contributed by atoms with Crippen LogP contribution in [0.4, 0.5) is 9.93 Å². The van der Waals surface area contributed by atoms with Gasteiger partial charge in [-0.25, -0.2) is 9.78 Å². The normalized spacial score (nSPS) is 10.3. The molecule has 2 rings (SSSR count). The molecule has 0 spiro atoms. The zero-order valence-electron chi connectivity index (χ0n) is 9.56. The van der Waals surface area contributed by atoms with Gasteiger partial charge in [0.25, 0.3) is 0 Å². The Balaban J connectivity index is 2.07. The van der Waals surface area contributed by atoms with E-state index in [-0.39, 0.29) is 0 Å². The fourth-order valence-corrected chi connectivity index (χ4v) is 2.34. The molecule has 0 fully saturated rings. The van der Waals surface area contributed by atoms with Crippen LogP contribution in [0.3, 0.4) is 0 Å². The first-order valence-corrected chi connectivity index (χ1v) is 6.00. The third kappa shape index (κ3) is 2.95. The monoisotopic (exact) mass is 265 g/mol. The van der Waals surface area contributed by atoms with E-state index in [0.29, 0.717) is 5.13 Å². The highest BCUT2D eigenvalue weighted by Crippen LogP contribution is 2.26. The van der Waals surface area contributed by atoms with E-state index >= 15 is 0 Å². The number of thiazole rings is 1. The van der Waals surface area contributed by atoms with Gasteiger partial charge in [-0.1, -0.05) is 17.4 Å². The third-order valence-corrected chi connectivity index (χ3v) is 3.10. The summed E-state index contributed by atoms with van der Waals surface area (Å²) in [7, 11) is 0. The largest absolute Gasteiger partial charge is 0.480 e. The Bertz CT molecular complexity index is 609. The molecular formula is C11H11N3O3S. The molecule has 7 heteroatoms. The smallest absolute Gasteiger partial charge is 0.323 e. The zero-order valence-corrected chi connectivity index (χ0v) is 10.4. The van der Waals surface area contributed by atoms with Crippen molar-refractivity contribution < 1.29 is 14.7 Å². The maximum atomic E-state index is 11.3. The molecule has 2 aromatic rings. The number of rotatable bonds is 3. The summed E-state index contributed by atoms with van der Waals surface area (Å²) in [6, 6.07) is 5.22. The summed E-state index contributed by atoms with van der Waals surface area (Å²) in [6.07, 6.45) is 0. The lowest BCUT2D eigenvalue weighted by molar-refractivity contribution is -0.135. The number of anilines is 1. The van der Waals surface area contributed by atoms with Crippen LogP contribution in [-0.2, 0) is 4.79 Å². The fraction of sp³-hybridized carbons (Fsp3) is 0.182. The van der Waals surface area contributed by atoms with Crippen molar-refractivity contribution in [2.24, 2.45) is 0 Å². The molecule has 0 saturated carbocycles. The van der Waals surface area contributed by atoms with Gasteiger partial charge in [0.1, 0.15) is 6.54 Å². The van der Waals surface area contributed by atoms with Crippen molar-refractivity contribution in [3.63, 3.8) is 0 Å². The second-order valence-corrected chi connectivity index (χ2v) is 4.72. The van der Waals surface area contributed by atoms with E-state index in [1.165, 1.54) is 11.3 Å². The fourth-order valence-electron chi connectivity index (χ4n) is 1.38. The van der Waals surface area contributed by atoms with Crippen LogP contribution < -0.4 is 10.6 Å². The number of carbonyl (C=O) groups excluding carboxylic acids is 1. The van der Waals surface area contributed by atoms with Crippen molar-refractivity contribution in [2.45, 2.75) is 6.92 Å². The minimum absolute atomic E-state index is 0.421. The second kappa shape index (κ2) is 5.01. The molecule has 0 atom stereocenters. The average Bonchev–Trinajstić information content (AvgIpc) is 2.67. The van der Waals surface area contributed by atoms with Gasteiger partial charge in [-0.3, -0.25) is 10.1 Å². The minimum atomic E-state index is -1.09. The van der Waals surface area contributed by atoms with Crippen molar-refractivity contribution in [3.8, 4) is 0 Å². The lowest BCUT2D eigenvalue weighted by atomic mass is 10.2. The van der Waals surface area contributed by atoms with Gasteiger partial charge in [-0.2, -0.15) is 0 Å². The van der Waals surface area contributed by atoms with E-state index in [4.69, 9.17) is 5.11 Å². The number of fused-ring (bicyclic) bond motifs is 1. The summed E-state index contributed by atoms with van der Waals surface area (Å²) in [5, 5.41) is 13.6. The Morgan fingerprint density at radius 1 is 1.44 bits per heavy atom. The summed E-state index contributed by atoms with van der Waals surface area (Å²) in [4.78, 5) is 25.8. The van der Waals surface area contributed by atoms with Gasteiger partial charge in [0.05, 0.1) is 10.2 Å². The molecule has 6 nitrogen and oxygen atoms in total. The van der Waals surface area contributed by atoms with Gasteiger partial charge in [-0.05, 0) is 24.6 Å². The number of aromatic nitrogens is 1. The Morgan fingerprint density at radius 2 is 2.22 bits per heavy atom. The van der Waals surface area contributed by atoms with E-state index < -0.39 is 18.5 Å². The molecule has 3 N–H and O–H groups in total. The van der Waals surface area contributed by atoms with E-state index in [1.807, 2.05) is 25.1 Å². The summed E-state index contributed by atoms with van der Waals surface area (Å²) >= 11 is 1.34. The third-order valence-electron chi connectivity index (χ3n) is 2.16. The number of carboxylic acid groups (broad SMARTS) is 1. The van der Waals surface area contributed by atoms with Gasteiger partial charge in [-0.15, -0.1) is 0 Å². The first-order chi connectivity index (χ1) is 8.54. The number of nitrogens with one attached hydrogen (secondary N) is 2. The molecule has 2 amide bonds.